The van der Waals surface area contributed by atoms with Gasteiger partial charge in [0, 0.05) is 31.9 Å². The van der Waals surface area contributed by atoms with Crippen molar-refractivity contribution in [1.82, 2.24) is 4.90 Å². The summed E-state index contributed by atoms with van der Waals surface area (Å²) in [6.07, 6.45) is 0. The Bertz CT molecular complexity index is 1050. The predicted octanol–water partition coefficient (Wildman–Crippen LogP) is 4.62. The zero-order valence-corrected chi connectivity index (χ0v) is 17.5. The standard InChI is InChI=1S/C22H22N4O3S/c1-15(27)26(2)14-16-7-6-10-18(13-16)23-21(28)19-11-12-20(30-19)25-22(29)24-17-8-4-3-5-9-17/h3-13H,14H2,1-2H3,(H,23,28)(H2,24,25,29). The summed E-state index contributed by atoms with van der Waals surface area (Å²) in [5.41, 5.74) is 2.23. The minimum Gasteiger partial charge on any atom is -0.342 e. The minimum absolute atomic E-state index is 0.0284. The molecule has 0 aliphatic carbocycles. The Labute approximate surface area is 178 Å². The Balaban J connectivity index is 1.58. The van der Waals surface area contributed by atoms with Gasteiger partial charge in [0.1, 0.15) is 0 Å². The largest absolute Gasteiger partial charge is 0.342 e. The van der Waals surface area contributed by atoms with Gasteiger partial charge in [0.05, 0.1) is 9.88 Å². The van der Waals surface area contributed by atoms with Crippen molar-refractivity contribution < 1.29 is 14.4 Å². The molecule has 4 amide bonds. The molecule has 3 N–H and O–H groups in total. The molecule has 0 atom stereocenters. The normalized spacial score (nSPS) is 10.2. The quantitative estimate of drug-likeness (QED) is 0.541. The number of nitrogens with zero attached hydrogens (tertiary/aromatic N) is 1. The van der Waals surface area contributed by atoms with E-state index < -0.39 is 0 Å². The molecule has 0 bridgehead atoms. The number of amides is 4. The van der Waals surface area contributed by atoms with E-state index in [0.717, 1.165) is 5.56 Å². The summed E-state index contributed by atoms with van der Waals surface area (Å²) < 4.78 is 0. The average molecular weight is 423 g/mol. The van der Waals surface area contributed by atoms with Crippen molar-refractivity contribution in [3.05, 3.63) is 77.2 Å². The van der Waals surface area contributed by atoms with Gasteiger partial charge in [-0.05, 0) is 42.0 Å². The van der Waals surface area contributed by atoms with E-state index in [-0.39, 0.29) is 17.8 Å². The zero-order chi connectivity index (χ0) is 21.5. The second-order valence-electron chi connectivity index (χ2n) is 6.64. The molecule has 0 spiro atoms. The number of anilines is 3. The van der Waals surface area contributed by atoms with Gasteiger partial charge in [-0.3, -0.25) is 14.9 Å². The first kappa shape index (κ1) is 21.1. The van der Waals surface area contributed by atoms with Crippen LogP contribution in [-0.4, -0.2) is 29.8 Å². The lowest BCUT2D eigenvalue weighted by atomic mass is 10.2. The Hall–Kier alpha value is -3.65. The van der Waals surface area contributed by atoms with Crippen LogP contribution in [0.25, 0.3) is 0 Å². The molecular weight excluding hydrogens is 400 g/mol. The molecule has 154 valence electrons. The highest BCUT2D eigenvalue weighted by Crippen LogP contribution is 2.23. The van der Waals surface area contributed by atoms with Crippen molar-refractivity contribution in [2.75, 3.05) is 23.0 Å². The van der Waals surface area contributed by atoms with E-state index in [1.54, 1.807) is 42.3 Å². The van der Waals surface area contributed by atoms with Crippen LogP contribution in [0.5, 0.6) is 0 Å². The van der Waals surface area contributed by atoms with Gasteiger partial charge in [-0.25, -0.2) is 4.79 Å². The van der Waals surface area contributed by atoms with E-state index in [4.69, 9.17) is 0 Å². The number of benzene rings is 2. The summed E-state index contributed by atoms with van der Waals surface area (Å²) in [5, 5.41) is 8.86. The van der Waals surface area contributed by atoms with Gasteiger partial charge in [-0.15, -0.1) is 11.3 Å². The van der Waals surface area contributed by atoms with Crippen LogP contribution in [-0.2, 0) is 11.3 Å². The molecule has 0 saturated heterocycles. The van der Waals surface area contributed by atoms with E-state index in [1.807, 2.05) is 36.4 Å². The summed E-state index contributed by atoms with van der Waals surface area (Å²) in [5.74, 6) is -0.298. The molecule has 30 heavy (non-hydrogen) atoms. The fraction of sp³-hybridized carbons (Fsp3) is 0.136. The maximum absolute atomic E-state index is 12.6. The van der Waals surface area contributed by atoms with Crippen molar-refractivity contribution >= 4 is 45.6 Å². The fourth-order valence-corrected chi connectivity index (χ4v) is 3.44. The van der Waals surface area contributed by atoms with Crippen LogP contribution in [0.15, 0.2) is 66.7 Å². The maximum Gasteiger partial charge on any atom is 0.324 e. The topological polar surface area (TPSA) is 90.5 Å². The Kier molecular flexibility index (Phi) is 6.82. The minimum atomic E-state index is -0.377. The highest BCUT2D eigenvalue weighted by Gasteiger charge is 2.12. The second kappa shape index (κ2) is 9.71. The van der Waals surface area contributed by atoms with Crippen LogP contribution in [0, 0.1) is 0 Å². The first-order valence-electron chi connectivity index (χ1n) is 9.25. The number of nitrogens with one attached hydrogen (secondary N) is 3. The van der Waals surface area contributed by atoms with E-state index >= 15 is 0 Å². The SMILES string of the molecule is CC(=O)N(C)Cc1cccc(NC(=O)c2ccc(NC(=O)Nc3ccccc3)s2)c1. The molecule has 7 nitrogen and oxygen atoms in total. The summed E-state index contributed by atoms with van der Waals surface area (Å²) in [7, 11) is 1.72. The van der Waals surface area contributed by atoms with Crippen molar-refractivity contribution in [1.29, 1.82) is 0 Å². The van der Waals surface area contributed by atoms with Crippen LogP contribution >= 0.6 is 11.3 Å². The van der Waals surface area contributed by atoms with Crippen LogP contribution in [0.2, 0.25) is 0 Å². The van der Waals surface area contributed by atoms with Crippen molar-refractivity contribution in [2.45, 2.75) is 13.5 Å². The van der Waals surface area contributed by atoms with Gasteiger partial charge in [0.2, 0.25) is 5.91 Å². The molecular formula is C22H22N4O3S. The Morgan fingerprint density at radius 1 is 0.867 bits per heavy atom. The highest BCUT2D eigenvalue weighted by atomic mass is 32.1. The molecule has 1 aromatic heterocycles. The van der Waals surface area contributed by atoms with Crippen LogP contribution in [0.3, 0.4) is 0 Å². The maximum atomic E-state index is 12.6. The van der Waals surface area contributed by atoms with Gasteiger partial charge >= 0.3 is 6.03 Å². The van der Waals surface area contributed by atoms with Crippen molar-refractivity contribution in [3.63, 3.8) is 0 Å². The monoisotopic (exact) mass is 422 g/mol. The highest BCUT2D eigenvalue weighted by molar-refractivity contribution is 7.18. The van der Waals surface area contributed by atoms with E-state index in [9.17, 15) is 14.4 Å². The predicted molar refractivity (Wildman–Crippen MR) is 120 cm³/mol. The van der Waals surface area contributed by atoms with Crippen LogP contribution < -0.4 is 16.0 Å². The molecule has 3 aromatic rings. The fourth-order valence-electron chi connectivity index (χ4n) is 2.65. The number of carbonyl (C=O) groups is 3. The molecule has 8 heteroatoms. The van der Waals surface area contributed by atoms with Gasteiger partial charge in [0.15, 0.2) is 0 Å². The number of hydrogen-bond acceptors (Lipinski definition) is 4. The molecule has 0 unspecified atom stereocenters. The summed E-state index contributed by atoms with van der Waals surface area (Å²) in [4.78, 5) is 38.1. The smallest absolute Gasteiger partial charge is 0.324 e. The van der Waals surface area contributed by atoms with Crippen molar-refractivity contribution in [2.24, 2.45) is 0 Å². The third-order valence-electron chi connectivity index (χ3n) is 4.24. The lowest BCUT2D eigenvalue weighted by molar-refractivity contribution is -0.128. The number of carbonyl (C=O) groups excluding carboxylic acids is 3. The zero-order valence-electron chi connectivity index (χ0n) is 16.6. The van der Waals surface area contributed by atoms with Gasteiger partial charge in [-0.2, -0.15) is 0 Å². The average Bonchev–Trinajstić information content (AvgIpc) is 3.17. The molecule has 0 aliphatic rings. The number of rotatable bonds is 6. The summed E-state index contributed by atoms with van der Waals surface area (Å²) in [6.45, 7) is 1.97. The number of hydrogen-bond donors (Lipinski definition) is 3. The lowest BCUT2D eigenvalue weighted by Crippen LogP contribution is -2.23. The lowest BCUT2D eigenvalue weighted by Gasteiger charge is -2.15. The first-order valence-corrected chi connectivity index (χ1v) is 10.1. The van der Waals surface area contributed by atoms with Gasteiger partial charge in [0.25, 0.3) is 5.91 Å². The van der Waals surface area contributed by atoms with Crippen LogP contribution in [0.4, 0.5) is 21.2 Å². The molecule has 1 heterocycles. The molecule has 3 rings (SSSR count). The van der Waals surface area contributed by atoms with Gasteiger partial charge in [-0.1, -0.05) is 30.3 Å². The first-order chi connectivity index (χ1) is 14.4. The number of thiophene rings is 1. The van der Waals surface area contributed by atoms with Crippen molar-refractivity contribution in [3.8, 4) is 0 Å². The summed E-state index contributed by atoms with van der Waals surface area (Å²) >= 11 is 1.18. The number of para-hydroxylation sites is 1. The van der Waals surface area contributed by atoms with E-state index in [2.05, 4.69) is 16.0 Å². The Morgan fingerprint density at radius 3 is 2.33 bits per heavy atom. The third kappa shape index (κ3) is 5.92. The molecule has 0 saturated carbocycles. The molecule has 0 radical (unpaired) electrons. The molecule has 0 aliphatic heterocycles. The molecule has 2 aromatic carbocycles. The van der Waals surface area contributed by atoms with Crippen LogP contribution in [0.1, 0.15) is 22.2 Å². The molecule has 0 fully saturated rings. The second-order valence-corrected chi connectivity index (χ2v) is 7.72. The number of urea groups is 1. The van der Waals surface area contributed by atoms with E-state index in [1.165, 1.54) is 18.3 Å². The Morgan fingerprint density at radius 2 is 1.60 bits per heavy atom. The summed E-state index contributed by atoms with van der Waals surface area (Å²) in [6, 6.07) is 19.4. The van der Waals surface area contributed by atoms with Gasteiger partial charge < -0.3 is 15.5 Å². The van der Waals surface area contributed by atoms with E-state index in [0.29, 0.717) is 27.8 Å². The third-order valence-corrected chi connectivity index (χ3v) is 5.24.